The number of fused-ring (bicyclic) bond motifs is 1. The van der Waals surface area contributed by atoms with Crippen LogP contribution in [-0.2, 0) is 9.53 Å². The molecule has 2 aromatic carbocycles. The number of aliphatic hydroxyl groups excluding tert-OH is 1. The summed E-state index contributed by atoms with van der Waals surface area (Å²) in [5, 5.41) is 12.6. The van der Waals surface area contributed by atoms with Gasteiger partial charge in [-0.1, -0.05) is 25.1 Å². The molecule has 0 unspecified atom stereocenters. The average Bonchev–Trinajstić information content (AvgIpc) is 3.01. The molecule has 9 nitrogen and oxygen atoms in total. The molecule has 2 N–H and O–H groups in total. The Morgan fingerprint density at radius 3 is 2.51 bits per heavy atom. The van der Waals surface area contributed by atoms with Gasteiger partial charge < -0.3 is 29.7 Å². The number of anilines is 1. The third-order valence-corrected chi connectivity index (χ3v) is 7.79. The van der Waals surface area contributed by atoms with Gasteiger partial charge in [0.15, 0.2) is 0 Å². The van der Waals surface area contributed by atoms with Crippen LogP contribution >= 0.6 is 0 Å². The highest BCUT2D eigenvalue weighted by Gasteiger charge is 2.32. The third-order valence-electron chi connectivity index (χ3n) is 7.79. The molecular formula is C33H44F3N3O6. The molecule has 0 saturated heterocycles. The molecule has 2 aromatic rings. The summed E-state index contributed by atoms with van der Waals surface area (Å²) in [6, 6.07) is 12.7. The minimum absolute atomic E-state index is 0.105. The van der Waals surface area contributed by atoms with Crippen LogP contribution in [0.3, 0.4) is 0 Å². The summed E-state index contributed by atoms with van der Waals surface area (Å²) in [6.07, 6.45) is -5.01. The first-order valence-corrected chi connectivity index (χ1v) is 15.3. The molecule has 0 aromatic heterocycles. The molecule has 1 aliphatic heterocycles. The number of halogens is 3. The maximum Gasteiger partial charge on any atom is 0.389 e. The van der Waals surface area contributed by atoms with Gasteiger partial charge in [0.1, 0.15) is 5.75 Å². The maximum absolute atomic E-state index is 14.1. The van der Waals surface area contributed by atoms with Crippen molar-refractivity contribution in [3.8, 4) is 5.75 Å². The van der Waals surface area contributed by atoms with Gasteiger partial charge in [-0.15, -0.1) is 0 Å². The fourth-order valence-corrected chi connectivity index (χ4v) is 5.10. The van der Waals surface area contributed by atoms with Gasteiger partial charge in [-0.2, -0.15) is 13.2 Å². The number of carbonyl (C=O) groups is 3. The van der Waals surface area contributed by atoms with Gasteiger partial charge in [0.05, 0.1) is 36.8 Å². The summed E-state index contributed by atoms with van der Waals surface area (Å²) in [4.78, 5) is 42.6. The number of likely N-dealkylation sites (N-methyl/N-ethyl adjacent to an activating group) is 1. The van der Waals surface area contributed by atoms with Gasteiger partial charge in [0.2, 0.25) is 5.91 Å². The molecule has 0 bridgehead atoms. The zero-order valence-corrected chi connectivity index (χ0v) is 26.3. The Morgan fingerprint density at radius 1 is 1.13 bits per heavy atom. The first-order chi connectivity index (χ1) is 21.3. The quantitative estimate of drug-likeness (QED) is 0.395. The molecule has 1 heterocycles. The van der Waals surface area contributed by atoms with Gasteiger partial charge in [-0.05, 0) is 63.4 Å². The summed E-state index contributed by atoms with van der Waals surface area (Å²) >= 11 is 0. The zero-order chi connectivity index (χ0) is 33.1. The van der Waals surface area contributed by atoms with Gasteiger partial charge in [-0.3, -0.25) is 14.4 Å². The molecule has 0 fully saturated rings. The molecule has 12 heteroatoms. The lowest BCUT2D eigenvalue weighted by molar-refractivity contribution is -0.142. The Bertz CT molecular complexity index is 1280. The fraction of sp³-hybridized carbons (Fsp3) is 0.545. The van der Waals surface area contributed by atoms with Gasteiger partial charge in [0, 0.05) is 50.3 Å². The number of hydrogen-bond donors (Lipinski definition) is 2. The highest BCUT2D eigenvalue weighted by atomic mass is 19.4. The van der Waals surface area contributed by atoms with Crippen LogP contribution in [0.2, 0.25) is 0 Å². The summed E-state index contributed by atoms with van der Waals surface area (Å²) in [5.74, 6) is -1.49. The zero-order valence-electron chi connectivity index (χ0n) is 26.3. The molecule has 0 aliphatic carbocycles. The van der Waals surface area contributed by atoms with Gasteiger partial charge in [0.25, 0.3) is 11.8 Å². The Labute approximate surface area is 262 Å². The van der Waals surface area contributed by atoms with E-state index in [1.165, 1.54) is 23.1 Å². The van der Waals surface area contributed by atoms with Crippen molar-refractivity contribution >= 4 is 23.4 Å². The smallest absolute Gasteiger partial charge is 0.389 e. The Balaban J connectivity index is 1.91. The SMILES string of the molecule is C[C@@H]1CN([C@H](C)CO)C(=O)c2cc(NC(=O)CCC(F)(F)F)ccc2O[C@@H](C)CCCCO[C@H]1CN(C)C(=O)c1ccccc1. The lowest BCUT2D eigenvalue weighted by Crippen LogP contribution is -2.48. The second-order valence-corrected chi connectivity index (χ2v) is 11.7. The number of nitrogens with one attached hydrogen (secondary N) is 1. The molecule has 0 saturated carbocycles. The fourth-order valence-electron chi connectivity index (χ4n) is 5.10. The molecule has 3 rings (SSSR count). The number of ether oxygens (including phenoxy) is 2. The van der Waals surface area contributed by atoms with E-state index in [0.717, 1.165) is 12.8 Å². The number of hydrogen-bond acceptors (Lipinski definition) is 6. The van der Waals surface area contributed by atoms with E-state index < -0.39 is 43.0 Å². The van der Waals surface area contributed by atoms with Gasteiger partial charge >= 0.3 is 6.18 Å². The van der Waals surface area contributed by atoms with Crippen molar-refractivity contribution in [3.63, 3.8) is 0 Å². The second kappa shape index (κ2) is 16.6. The predicted octanol–water partition coefficient (Wildman–Crippen LogP) is 5.54. The van der Waals surface area contributed by atoms with Crippen molar-refractivity contribution in [1.82, 2.24) is 9.80 Å². The first-order valence-electron chi connectivity index (χ1n) is 15.3. The van der Waals surface area contributed by atoms with Crippen LogP contribution < -0.4 is 10.1 Å². The van der Waals surface area contributed by atoms with Crippen molar-refractivity contribution in [3.05, 3.63) is 59.7 Å². The van der Waals surface area contributed by atoms with E-state index in [1.807, 2.05) is 19.9 Å². The highest BCUT2D eigenvalue weighted by molar-refractivity contribution is 5.99. The largest absolute Gasteiger partial charge is 0.490 e. The lowest BCUT2D eigenvalue weighted by Gasteiger charge is -2.36. The number of amides is 3. The van der Waals surface area contributed by atoms with Gasteiger partial charge in [-0.25, -0.2) is 0 Å². The van der Waals surface area contributed by atoms with E-state index in [4.69, 9.17) is 9.47 Å². The summed E-state index contributed by atoms with van der Waals surface area (Å²) in [6.45, 7) is 6.03. The van der Waals surface area contributed by atoms with Crippen molar-refractivity contribution < 1.29 is 42.1 Å². The molecule has 0 radical (unpaired) electrons. The number of rotatable bonds is 8. The number of carbonyl (C=O) groups excluding carboxylic acids is 3. The van der Waals surface area contributed by atoms with Crippen LogP contribution in [0, 0.1) is 5.92 Å². The van der Waals surface area contributed by atoms with E-state index in [0.29, 0.717) is 18.6 Å². The standard InChI is InChI=1S/C33H44F3N3O6/c1-22-19-39(23(2)21-40)32(43)27-18-26(37-30(41)15-16-33(34,35)36)13-14-28(27)45-24(3)10-8-9-17-44-29(22)20-38(4)31(42)25-11-6-5-7-12-25/h5-7,11-14,18,22-24,29,40H,8-10,15-17,19-21H2,1-4H3,(H,37,41)/t22-,23-,24+,29+/m1/s1. The van der Waals surface area contributed by atoms with Crippen LogP contribution in [0.1, 0.15) is 73.6 Å². The third kappa shape index (κ3) is 11.0. The van der Waals surface area contributed by atoms with E-state index in [-0.39, 0.29) is 54.6 Å². The lowest BCUT2D eigenvalue weighted by atomic mass is 10.0. The number of alkyl halides is 3. The molecule has 248 valence electrons. The van der Waals surface area contributed by atoms with E-state index in [2.05, 4.69) is 5.32 Å². The Morgan fingerprint density at radius 2 is 1.84 bits per heavy atom. The second-order valence-electron chi connectivity index (χ2n) is 11.7. The normalized spacial score (nSPS) is 20.8. The van der Waals surface area contributed by atoms with E-state index in [1.54, 1.807) is 43.1 Å². The maximum atomic E-state index is 14.1. The van der Waals surface area contributed by atoms with Crippen LogP contribution in [-0.4, -0.2) is 90.4 Å². The molecular weight excluding hydrogens is 591 g/mol. The monoisotopic (exact) mass is 635 g/mol. The number of benzene rings is 2. The Kier molecular flexibility index (Phi) is 13.2. The minimum Gasteiger partial charge on any atom is -0.490 e. The Hall–Kier alpha value is -3.64. The molecule has 45 heavy (non-hydrogen) atoms. The first kappa shape index (κ1) is 35.8. The van der Waals surface area contributed by atoms with Crippen molar-refractivity contribution in [2.45, 2.75) is 77.3 Å². The predicted molar refractivity (Wildman–Crippen MR) is 164 cm³/mol. The number of nitrogens with zero attached hydrogens (tertiary/aromatic N) is 2. The number of aliphatic hydroxyl groups is 1. The summed E-state index contributed by atoms with van der Waals surface area (Å²) in [5.41, 5.74) is 0.804. The van der Waals surface area contributed by atoms with Crippen LogP contribution in [0.4, 0.5) is 18.9 Å². The average molecular weight is 636 g/mol. The van der Waals surface area contributed by atoms with Crippen LogP contribution in [0.15, 0.2) is 48.5 Å². The molecule has 3 amide bonds. The topological polar surface area (TPSA) is 108 Å². The van der Waals surface area contributed by atoms with E-state index >= 15 is 0 Å². The van der Waals surface area contributed by atoms with Crippen molar-refractivity contribution in [2.75, 3.05) is 38.7 Å². The molecule has 0 spiro atoms. The summed E-state index contributed by atoms with van der Waals surface area (Å²) in [7, 11) is 1.70. The van der Waals surface area contributed by atoms with Crippen molar-refractivity contribution in [1.29, 1.82) is 0 Å². The van der Waals surface area contributed by atoms with Crippen LogP contribution in [0.25, 0.3) is 0 Å². The van der Waals surface area contributed by atoms with Crippen molar-refractivity contribution in [2.24, 2.45) is 5.92 Å². The minimum atomic E-state index is -4.47. The molecule has 1 aliphatic rings. The molecule has 4 atom stereocenters. The highest BCUT2D eigenvalue weighted by Crippen LogP contribution is 2.29. The summed E-state index contributed by atoms with van der Waals surface area (Å²) < 4.78 is 50.4. The van der Waals surface area contributed by atoms with E-state index in [9.17, 15) is 32.7 Å². The van der Waals surface area contributed by atoms with Crippen LogP contribution in [0.5, 0.6) is 5.75 Å².